The molecule has 0 atom stereocenters. The van der Waals surface area contributed by atoms with E-state index in [1.165, 1.54) is 24.4 Å². The van der Waals surface area contributed by atoms with E-state index >= 15 is 0 Å². The third-order valence-corrected chi connectivity index (χ3v) is 4.95. The van der Waals surface area contributed by atoms with Gasteiger partial charge in [0.15, 0.2) is 0 Å². The molecule has 4 nitrogen and oxygen atoms in total. The molecule has 20 heavy (non-hydrogen) atoms. The predicted molar refractivity (Wildman–Crippen MR) is 83.9 cm³/mol. The van der Waals surface area contributed by atoms with Crippen LogP contribution in [-0.2, 0) is 10.0 Å². The van der Waals surface area contributed by atoms with Gasteiger partial charge in [0, 0.05) is 15.7 Å². The van der Waals surface area contributed by atoms with E-state index < -0.39 is 10.0 Å². The van der Waals surface area contributed by atoms with Gasteiger partial charge in [-0.15, -0.1) is 0 Å². The topological polar surface area (TPSA) is 59.1 Å². The molecule has 0 aliphatic carbocycles. The van der Waals surface area contributed by atoms with Crippen LogP contribution in [0, 0.1) is 6.92 Å². The largest absolute Gasteiger partial charge is 0.264 e. The Morgan fingerprint density at radius 1 is 1.25 bits per heavy atom. The van der Waals surface area contributed by atoms with E-state index in [4.69, 9.17) is 23.2 Å². The van der Waals surface area contributed by atoms with E-state index in [1.807, 2.05) is 0 Å². The Balaban J connectivity index is 2.41. The van der Waals surface area contributed by atoms with Gasteiger partial charge in [-0.05, 0) is 52.7 Å². The summed E-state index contributed by atoms with van der Waals surface area (Å²) < 4.78 is 27.7. The number of halogens is 3. The fourth-order valence-corrected chi connectivity index (χ4v) is 3.82. The number of benzene rings is 1. The van der Waals surface area contributed by atoms with E-state index in [-0.39, 0.29) is 15.7 Å². The van der Waals surface area contributed by atoms with Crippen molar-refractivity contribution in [1.82, 2.24) is 4.98 Å². The molecule has 0 saturated heterocycles. The van der Waals surface area contributed by atoms with Crippen molar-refractivity contribution in [3.05, 3.63) is 50.5 Å². The molecule has 0 amide bonds. The number of aromatic nitrogens is 1. The average Bonchev–Trinajstić information content (AvgIpc) is 2.32. The van der Waals surface area contributed by atoms with Gasteiger partial charge < -0.3 is 0 Å². The number of nitrogens with one attached hydrogen (secondary N) is 1. The minimum absolute atomic E-state index is 0.0484. The Morgan fingerprint density at radius 3 is 2.55 bits per heavy atom. The van der Waals surface area contributed by atoms with Crippen LogP contribution in [0.3, 0.4) is 0 Å². The third kappa shape index (κ3) is 3.44. The van der Waals surface area contributed by atoms with Crippen molar-refractivity contribution in [2.45, 2.75) is 11.8 Å². The van der Waals surface area contributed by atoms with Crippen molar-refractivity contribution >= 4 is 55.0 Å². The van der Waals surface area contributed by atoms with E-state index in [2.05, 4.69) is 25.6 Å². The van der Waals surface area contributed by atoms with Gasteiger partial charge in [0.25, 0.3) is 10.0 Å². The van der Waals surface area contributed by atoms with E-state index in [9.17, 15) is 8.42 Å². The molecular formula is C12H9BrCl2N2O2S. The highest BCUT2D eigenvalue weighted by Crippen LogP contribution is 2.27. The highest BCUT2D eigenvalue weighted by molar-refractivity contribution is 9.10. The zero-order chi connectivity index (χ0) is 14.9. The normalized spacial score (nSPS) is 11.4. The van der Waals surface area contributed by atoms with Crippen molar-refractivity contribution in [3.8, 4) is 0 Å². The molecule has 0 aliphatic heterocycles. The number of anilines is 1. The lowest BCUT2D eigenvalue weighted by Gasteiger charge is -2.11. The summed E-state index contributed by atoms with van der Waals surface area (Å²) in [4.78, 5) is 3.98. The van der Waals surface area contributed by atoms with Gasteiger partial charge in [-0.25, -0.2) is 13.4 Å². The highest BCUT2D eigenvalue weighted by atomic mass is 79.9. The summed E-state index contributed by atoms with van der Waals surface area (Å²) in [6.07, 6.45) is 1.51. The standard InChI is InChI=1S/C12H9BrCl2N2O2S/c1-7-4-8(13)6-16-12(7)17-20(18,19)11-3-2-9(14)5-10(11)15/h2-6H,1H3,(H,16,17). The molecule has 2 rings (SSSR count). The van der Waals surface area contributed by atoms with Gasteiger partial charge >= 0.3 is 0 Å². The zero-order valence-corrected chi connectivity index (χ0v) is 14.1. The summed E-state index contributed by atoms with van der Waals surface area (Å²) in [5.41, 5.74) is 0.688. The fraction of sp³-hybridized carbons (Fsp3) is 0.0833. The third-order valence-electron chi connectivity index (χ3n) is 2.46. The first-order chi connectivity index (χ1) is 9.29. The first kappa shape index (κ1) is 15.6. The lowest BCUT2D eigenvalue weighted by atomic mass is 10.3. The van der Waals surface area contributed by atoms with E-state index in [0.29, 0.717) is 10.6 Å². The second-order valence-electron chi connectivity index (χ2n) is 4.00. The monoisotopic (exact) mass is 394 g/mol. The van der Waals surface area contributed by atoms with Crippen LogP contribution in [-0.4, -0.2) is 13.4 Å². The van der Waals surface area contributed by atoms with Gasteiger partial charge in [0.2, 0.25) is 0 Å². The quantitative estimate of drug-likeness (QED) is 0.844. The van der Waals surface area contributed by atoms with Crippen LogP contribution in [0.15, 0.2) is 39.8 Å². The molecule has 1 aromatic carbocycles. The number of pyridine rings is 1. The van der Waals surface area contributed by atoms with Crippen LogP contribution in [0.25, 0.3) is 0 Å². The maximum absolute atomic E-state index is 12.3. The number of rotatable bonds is 3. The smallest absolute Gasteiger partial charge is 0.263 e. The van der Waals surface area contributed by atoms with Gasteiger partial charge in [0.1, 0.15) is 10.7 Å². The number of sulfonamides is 1. The fourth-order valence-electron chi connectivity index (χ4n) is 1.52. The van der Waals surface area contributed by atoms with Gasteiger partial charge in [-0.3, -0.25) is 4.72 Å². The number of aryl methyl sites for hydroxylation is 1. The molecule has 0 aliphatic rings. The van der Waals surface area contributed by atoms with Crippen LogP contribution in [0.5, 0.6) is 0 Å². The molecule has 1 N–H and O–H groups in total. The number of hydrogen-bond acceptors (Lipinski definition) is 3. The maximum Gasteiger partial charge on any atom is 0.264 e. The minimum Gasteiger partial charge on any atom is -0.263 e. The predicted octanol–water partition coefficient (Wildman–Crippen LogP) is 4.26. The first-order valence-corrected chi connectivity index (χ1v) is 8.43. The molecule has 0 unspecified atom stereocenters. The van der Waals surface area contributed by atoms with Crippen molar-refractivity contribution in [2.24, 2.45) is 0 Å². The molecule has 0 saturated carbocycles. The Hall–Kier alpha value is -0.820. The Morgan fingerprint density at radius 2 is 1.95 bits per heavy atom. The van der Waals surface area contributed by atoms with Crippen LogP contribution in [0.4, 0.5) is 5.82 Å². The summed E-state index contributed by atoms with van der Waals surface area (Å²) >= 11 is 14.9. The van der Waals surface area contributed by atoms with Crippen molar-refractivity contribution in [3.63, 3.8) is 0 Å². The molecule has 0 spiro atoms. The minimum atomic E-state index is -3.81. The Labute approximate surface area is 135 Å². The summed E-state index contributed by atoms with van der Waals surface area (Å²) in [5.74, 6) is 0.249. The maximum atomic E-state index is 12.3. The van der Waals surface area contributed by atoms with Crippen LogP contribution >= 0.6 is 39.1 Å². The second-order valence-corrected chi connectivity index (χ2v) is 7.41. The summed E-state index contributed by atoms with van der Waals surface area (Å²) in [6, 6.07) is 5.94. The van der Waals surface area contributed by atoms with E-state index in [0.717, 1.165) is 4.47 Å². The van der Waals surface area contributed by atoms with Crippen molar-refractivity contribution in [1.29, 1.82) is 0 Å². The summed E-state index contributed by atoms with van der Waals surface area (Å²) in [7, 11) is -3.81. The van der Waals surface area contributed by atoms with Gasteiger partial charge in [-0.1, -0.05) is 23.2 Å². The molecule has 0 radical (unpaired) electrons. The SMILES string of the molecule is Cc1cc(Br)cnc1NS(=O)(=O)c1ccc(Cl)cc1Cl. The highest BCUT2D eigenvalue weighted by Gasteiger charge is 2.19. The molecular weight excluding hydrogens is 387 g/mol. The lowest BCUT2D eigenvalue weighted by Crippen LogP contribution is -2.15. The Kier molecular flexibility index (Phi) is 4.59. The summed E-state index contributed by atoms with van der Waals surface area (Å²) in [5, 5.41) is 0.423. The second kappa shape index (κ2) is 5.89. The van der Waals surface area contributed by atoms with Crippen LogP contribution in [0.2, 0.25) is 10.0 Å². The van der Waals surface area contributed by atoms with Crippen molar-refractivity contribution < 1.29 is 8.42 Å². The molecule has 0 fully saturated rings. The van der Waals surface area contributed by atoms with Crippen LogP contribution < -0.4 is 4.72 Å². The van der Waals surface area contributed by atoms with Gasteiger partial charge in [-0.2, -0.15) is 0 Å². The molecule has 1 aromatic heterocycles. The average molecular weight is 396 g/mol. The number of nitrogens with zero attached hydrogens (tertiary/aromatic N) is 1. The van der Waals surface area contributed by atoms with Gasteiger partial charge in [0.05, 0.1) is 5.02 Å². The Bertz CT molecular complexity index is 766. The molecule has 106 valence electrons. The molecule has 1 heterocycles. The van der Waals surface area contributed by atoms with Crippen molar-refractivity contribution in [2.75, 3.05) is 4.72 Å². The van der Waals surface area contributed by atoms with E-state index in [1.54, 1.807) is 13.0 Å². The molecule has 8 heteroatoms. The first-order valence-electron chi connectivity index (χ1n) is 5.39. The summed E-state index contributed by atoms with van der Waals surface area (Å²) in [6.45, 7) is 1.75. The molecule has 2 aromatic rings. The van der Waals surface area contributed by atoms with Crippen LogP contribution in [0.1, 0.15) is 5.56 Å². The number of hydrogen-bond donors (Lipinski definition) is 1. The molecule has 0 bridgehead atoms. The lowest BCUT2D eigenvalue weighted by molar-refractivity contribution is 0.601. The zero-order valence-electron chi connectivity index (χ0n) is 10.2.